The molecule has 10 atom stereocenters. The standard InChI is InChI=1S/C46H83N13O11/c1-12-18-30(39(64)55-36(26(7)13-2)42(67)53-31(19-16-21-50-46(47)48)45(70)59-22-17-20-32(59)40(65)49-15-4)52-44(69)38(28(9)60)57-43(68)37(27(8)14-3)56-41(66)35(25(5)6)54-33(62)23-51-34(63)24-58(11)29(10)61/h25-28,30-32,35-38,60H,12-24H2,1-11H3,(H,49,65)(H,51,63)(H,52,69)(H,53,67)(H,54,62)(H,55,64)(H,56,66)(H,57,68)(H4,47,48,50)/t26-,27-,28+,30-,31-,32-,35-,36+,37+,38-/m0/s1. The highest BCUT2D eigenvalue weighted by Gasteiger charge is 2.40. The molecule has 0 saturated carbocycles. The molecule has 0 aromatic carbocycles. The molecule has 1 aliphatic heterocycles. The number of nitrogens with zero attached hydrogens (tertiary/aromatic N) is 3. The maximum atomic E-state index is 14.2. The van der Waals surface area contributed by atoms with Crippen molar-refractivity contribution in [3.8, 4) is 0 Å². The van der Waals surface area contributed by atoms with Crippen LogP contribution >= 0.6 is 0 Å². The normalized spacial score (nSPS) is 17.1. The van der Waals surface area contributed by atoms with Crippen molar-refractivity contribution in [1.29, 1.82) is 0 Å². The summed E-state index contributed by atoms with van der Waals surface area (Å²) < 4.78 is 0. The molecule has 24 nitrogen and oxygen atoms in total. The van der Waals surface area contributed by atoms with Gasteiger partial charge in [0.1, 0.15) is 42.3 Å². The first-order chi connectivity index (χ1) is 32.8. The largest absolute Gasteiger partial charge is 0.391 e. The number of aliphatic hydroxyl groups is 1. The van der Waals surface area contributed by atoms with Crippen molar-refractivity contribution < 1.29 is 53.1 Å². The van der Waals surface area contributed by atoms with E-state index in [1.807, 2.05) is 6.92 Å². The van der Waals surface area contributed by atoms with E-state index in [0.717, 1.165) is 4.90 Å². The van der Waals surface area contributed by atoms with E-state index in [-0.39, 0.29) is 43.7 Å². The lowest BCUT2D eigenvalue weighted by molar-refractivity contribution is -0.142. The van der Waals surface area contributed by atoms with Gasteiger partial charge in [0.25, 0.3) is 0 Å². The van der Waals surface area contributed by atoms with Crippen molar-refractivity contribution in [3.63, 3.8) is 0 Å². The second-order valence-electron chi connectivity index (χ2n) is 18.4. The molecule has 24 heteroatoms. The van der Waals surface area contributed by atoms with Gasteiger partial charge in [0.2, 0.25) is 59.1 Å². The van der Waals surface area contributed by atoms with Crippen molar-refractivity contribution >= 4 is 65.0 Å². The maximum Gasteiger partial charge on any atom is 0.245 e. The van der Waals surface area contributed by atoms with E-state index in [4.69, 9.17) is 11.5 Å². The highest BCUT2D eigenvalue weighted by molar-refractivity contribution is 5.98. The number of nitrogens with two attached hydrogens (primary N) is 2. The first kappa shape index (κ1) is 61.9. The molecule has 10 amide bonds. The zero-order valence-corrected chi connectivity index (χ0v) is 43.1. The Balaban J connectivity index is 3.30. The van der Waals surface area contributed by atoms with E-state index in [9.17, 15) is 53.1 Å². The van der Waals surface area contributed by atoms with Gasteiger partial charge in [-0.25, -0.2) is 0 Å². The van der Waals surface area contributed by atoms with Gasteiger partial charge in [0.15, 0.2) is 5.96 Å². The van der Waals surface area contributed by atoms with Gasteiger partial charge in [-0.2, -0.15) is 0 Å². The Bertz CT molecular complexity index is 1830. The number of nitrogens with one attached hydrogen (secondary N) is 8. The summed E-state index contributed by atoms with van der Waals surface area (Å²) in [5, 5.41) is 31.9. The smallest absolute Gasteiger partial charge is 0.245 e. The van der Waals surface area contributed by atoms with Crippen LogP contribution in [0.25, 0.3) is 0 Å². The zero-order chi connectivity index (χ0) is 53.4. The summed E-state index contributed by atoms with van der Waals surface area (Å²) >= 11 is 0. The molecule has 0 aromatic heterocycles. The fraction of sp³-hybridized carbons (Fsp3) is 0.761. The van der Waals surface area contributed by atoms with Crippen molar-refractivity contribution in [2.24, 2.45) is 34.2 Å². The van der Waals surface area contributed by atoms with Crippen LogP contribution in [0.4, 0.5) is 0 Å². The van der Waals surface area contributed by atoms with Gasteiger partial charge >= 0.3 is 0 Å². The van der Waals surface area contributed by atoms with E-state index < -0.39 is 120 Å². The lowest BCUT2D eigenvalue weighted by Crippen LogP contribution is -2.63. The molecule has 1 rings (SSSR count). The number of carbonyl (C=O) groups is 10. The minimum absolute atomic E-state index is 0.0853. The summed E-state index contributed by atoms with van der Waals surface area (Å²) in [6.45, 7) is 16.5. The Kier molecular flexibility index (Phi) is 27.6. The molecule has 0 spiro atoms. The Morgan fingerprint density at radius 2 is 1.21 bits per heavy atom. The van der Waals surface area contributed by atoms with E-state index in [0.29, 0.717) is 51.6 Å². The molecule has 13 N–H and O–H groups in total. The lowest BCUT2D eigenvalue weighted by Gasteiger charge is -2.32. The number of likely N-dealkylation sites (tertiary alicyclic amines) is 1. The first-order valence-electron chi connectivity index (χ1n) is 24.5. The molecular weight excluding hydrogens is 911 g/mol. The lowest BCUT2D eigenvalue weighted by atomic mass is 9.95. The number of hydrogen-bond donors (Lipinski definition) is 11. The molecule has 0 radical (unpaired) electrons. The number of amides is 10. The number of rotatable bonds is 30. The second-order valence-corrected chi connectivity index (χ2v) is 18.4. The summed E-state index contributed by atoms with van der Waals surface area (Å²) in [7, 11) is 1.42. The second kappa shape index (κ2) is 31.2. The Labute approximate surface area is 412 Å². The predicted molar refractivity (Wildman–Crippen MR) is 262 cm³/mol. The van der Waals surface area contributed by atoms with Gasteiger partial charge < -0.3 is 68.9 Å². The third-order valence-electron chi connectivity index (χ3n) is 12.2. The molecule has 398 valence electrons. The minimum Gasteiger partial charge on any atom is -0.391 e. The van der Waals surface area contributed by atoms with Crippen molar-refractivity contribution in [1.82, 2.24) is 52.3 Å². The minimum atomic E-state index is -1.62. The summed E-state index contributed by atoms with van der Waals surface area (Å²) in [4.78, 5) is 140. The first-order valence-corrected chi connectivity index (χ1v) is 24.5. The molecule has 70 heavy (non-hydrogen) atoms. The summed E-state index contributed by atoms with van der Waals surface area (Å²) in [5.74, 6) is -7.96. The van der Waals surface area contributed by atoms with Crippen molar-refractivity contribution in [2.75, 3.05) is 39.8 Å². The molecule has 0 unspecified atom stereocenters. The predicted octanol–water partition coefficient (Wildman–Crippen LogP) is -2.40. The van der Waals surface area contributed by atoms with E-state index in [2.05, 4.69) is 47.5 Å². The zero-order valence-electron chi connectivity index (χ0n) is 43.1. The summed E-state index contributed by atoms with van der Waals surface area (Å²) in [6, 6.07) is -8.31. The molecule has 1 fully saturated rings. The van der Waals surface area contributed by atoms with Crippen molar-refractivity contribution in [3.05, 3.63) is 0 Å². The van der Waals surface area contributed by atoms with E-state index in [1.54, 1.807) is 48.5 Å². The summed E-state index contributed by atoms with van der Waals surface area (Å²) in [5.41, 5.74) is 11.0. The Morgan fingerprint density at radius 3 is 1.73 bits per heavy atom. The van der Waals surface area contributed by atoms with Crippen LogP contribution in [-0.4, -0.2) is 168 Å². The fourth-order valence-electron chi connectivity index (χ4n) is 7.51. The molecular formula is C46H83N13O11. The van der Waals surface area contributed by atoms with Gasteiger partial charge in [-0.15, -0.1) is 0 Å². The molecule has 1 saturated heterocycles. The third kappa shape index (κ3) is 20.5. The van der Waals surface area contributed by atoms with Gasteiger partial charge in [-0.1, -0.05) is 67.7 Å². The third-order valence-corrected chi connectivity index (χ3v) is 12.2. The SMILES string of the molecule is CCC[C@H](NC(=O)[C@@H](NC(=O)[C@H](NC(=O)[C@@H](NC(=O)CNC(=O)CN(C)C(C)=O)C(C)C)[C@@H](C)CC)[C@@H](C)O)C(=O)N[C@@H](C(=O)N[C@@H](CCCN=C(N)N)C(=O)N1CCC[C@H]1C(=O)NCC)[C@@H](C)CC. The quantitative estimate of drug-likeness (QED) is 0.0203. The topological polar surface area (TPSA) is 358 Å². The fourth-order valence-corrected chi connectivity index (χ4v) is 7.51. The van der Waals surface area contributed by atoms with Crippen LogP contribution in [0.1, 0.15) is 121 Å². The summed E-state index contributed by atoms with van der Waals surface area (Å²) in [6.07, 6.45) is 1.22. The number of aliphatic hydroxyl groups excluding tert-OH is 1. The number of hydrogen-bond acceptors (Lipinski definition) is 12. The number of aliphatic imine (C=N–C) groups is 1. The van der Waals surface area contributed by atoms with E-state index in [1.165, 1.54) is 25.8 Å². The highest BCUT2D eigenvalue weighted by Crippen LogP contribution is 2.21. The van der Waals surface area contributed by atoms with Crippen LogP contribution in [0.3, 0.4) is 0 Å². The molecule has 0 aromatic rings. The number of carbonyl (C=O) groups excluding carboxylic acids is 10. The van der Waals surface area contributed by atoms with Crippen LogP contribution in [0.2, 0.25) is 0 Å². The number of guanidine groups is 1. The van der Waals surface area contributed by atoms with Gasteiger partial charge in [0.05, 0.1) is 19.2 Å². The van der Waals surface area contributed by atoms with Gasteiger partial charge in [-0.05, 0) is 63.7 Å². The maximum absolute atomic E-state index is 14.2. The van der Waals surface area contributed by atoms with Crippen LogP contribution < -0.4 is 54.0 Å². The van der Waals surface area contributed by atoms with Gasteiger partial charge in [-0.3, -0.25) is 52.9 Å². The van der Waals surface area contributed by atoms with Crippen molar-refractivity contribution in [2.45, 2.75) is 169 Å². The average molecular weight is 994 g/mol. The van der Waals surface area contributed by atoms with Gasteiger partial charge in [0, 0.05) is 33.6 Å². The van der Waals surface area contributed by atoms with Crippen LogP contribution in [0.15, 0.2) is 4.99 Å². The molecule has 1 aliphatic rings. The molecule has 0 bridgehead atoms. The van der Waals surface area contributed by atoms with Crippen LogP contribution in [0, 0.1) is 17.8 Å². The monoisotopic (exact) mass is 994 g/mol. The van der Waals surface area contributed by atoms with Crippen LogP contribution in [-0.2, 0) is 47.9 Å². The average Bonchev–Trinajstić information content (AvgIpc) is 3.80. The molecule has 0 aliphatic carbocycles. The Morgan fingerprint density at radius 1 is 0.686 bits per heavy atom. The Hall–Kier alpha value is -6.07. The molecule has 1 heterocycles. The number of likely N-dealkylation sites (N-methyl/N-ethyl adjacent to an activating group) is 2. The highest BCUT2D eigenvalue weighted by atomic mass is 16.3. The van der Waals surface area contributed by atoms with E-state index >= 15 is 0 Å². The van der Waals surface area contributed by atoms with Crippen LogP contribution in [0.5, 0.6) is 0 Å².